The normalized spacial score (nSPS) is 18.5. The number of anilines is 1. The fourth-order valence-electron chi connectivity index (χ4n) is 4.59. The number of hydrogen-bond donors (Lipinski definition) is 0. The molecule has 1 amide bonds. The molecule has 2 unspecified atom stereocenters. The molecule has 3 aromatic carbocycles. The number of sulfonamides is 1. The van der Waals surface area contributed by atoms with Gasteiger partial charge in [0.15, 0.2) is 5.13 Å². The smallest absolute Gasteiger partial charge is 0.260 e. The number of fused-ring (bicyclic) bond motifs is 1. The van der Waals surface area contributed by atoms with Crippen molar-refractivity contribution in [2.24, 2.45) is 0 Å². The van der Waals surface area contributed by atoms with Crippen molar-refractivity contribution in [3.8, 4) is 0 Å². The Kier molecular flexibility index (Phi) is 7.88. The third-order valence-electron chi connectivity index (χ3n) is 6.38. The van der Waals surface area contributed by atoms with Gasteiger partial charge in [0, 0.05) is 23.5 Å². The van der Waals surface area contributed by atoms with Gasteiger partial charge in [0.25, 0.3) is 5.91 Å². The molecule has 0 saturated carbocycles. The number of amides is 1. The maximum absolute atomic E-state index is 13.8. The minimum atomic E-state index is -3.70. The molecule has 1 saturated heterocycles. The number of thioether (sulfide) groups is 1. The predicted octanol–water partition coefficient (Wildman–Crippen LogP) is 5.66. The van der Waals surface area contributed by atoms with E-state index in [1.807, 2.05) is 68.6 Å². The fourth-order valence-corrected chi connectivity index (χ4v) is 7.79. The average Bonchev–Trinajstić information content (AvgIpc) is 3.36. The maximum atomic E-state index is 13.8. The molecule has 2 atom stereocenters. The van der Waals surface area contributed by atoms with Crippen LogP contribution < -0.4 is 4.90 Å². The van der Waals surface area contributed by atoms with Crippen LogP contribution in [0, 0.1) is 0 Å². The number of nitrogens with zero attached hydrogens (tertiary/aromatic N) is 3. The van der Waals surface area contributed by atoms with Gasteiger partial charge in [-0.15, -0.1) is 11.8 Å². The van der Waals surface area contributed by atoms with Crippen LogP contribution in [0.15, 0.2) is 82.6 Å². The Hall–Kier alpha value is -2.76. The van der Waals surface area contributed by atoms with Gasteiger partial charge in [-0.3, -0.25) is 9.69 Å². The Balaban J connectivity index is 1.47. The molecular weight excluding hydrogens is 539 g/mol. The summed E-state index contributed by atoms with van der Waals surface area (Å²) in [5.74, 6) is -0.240. The van der Waals surface area contributed by atoms with Crippen molar-refractivity contribution in [1.29, 1.82) is 0 Å². The third-order valence-corrected chi connectivity index (χ3v) is 10.0. The second-order valence-electron chi connectivity index (χ2n) is 9.28. The average molecular weight is 568 g/mol. The van der Waals surface area contributed by atoms with Crippen molar-refractivity contribution in [1.82, 2.24) is 9.29 Å². The van der Waals surface area contributed by atoms with Crippen LogP contribution in [0.5, 0.6) is 0 Å². The number of ether oxygens (including phenoxy) is 1. The zero-order chi connectivity index (χ0) is 26.9. The molecule has 1 aromatic heterocycles. The van der Waals surface area contributed by atoms with Gasteiger partial charge >= 0.3 is 0 Å². The molecule has 38 heavy (non-hydrogen) atoms. The lowest BCUT2D eigenvalue weighted by molar-refractivity contribution is -0.0440. The molecule has 7 nitrogen and oxygen atoms in total. The lowest BCUT2D eigenvalue weighted by Crippen LogP contribution is -2.48. The molecule has 0 aliphatic carbocycles. The van der Waals surface area contributed by atoms with E-state index in [2.05, 4.69) is 0 Å². The van der Waals surface area contributed by atoms with Gasteiger partial charge < -0.3 is 4.74 Å². The molecule has 198 valence electrons. The summed E-state index contributed by atoms with van der Waals surface area (Å²) in [5.41, 5.74) is 2.24. The standard InChI is InChI=1S/C28H29N3O4S3/c1-19-16-30(17-20(2)35-19)38(33,34)23-14-12-22(13-15-23)27(32)31(18-21-8-5-4-6-9-21)28-29-26-24(36-3)10-7-11-25(26)37-28/h4-15,19-20H,16-18H2,1-3H3. The first-order valence-corrected chi connectivity index (χ1v) is 15.8. The molecule has 0 radical (unpaired) electrons. The van der Waals surface area contributed by atoms with Crippen molar-refractivity contribution < 1.29 is 17.9 Å². The van der Waals surface area contributed by atoms with Gasteiger partial charge in [-0.25, -0.2) is 13.4 Å². The Labute approximate surface area is 231 Å². The van der Waals surface area contributed by atoms with E-state index in [0.29, 0.717) is 30.3 Å². The van der Waals surface area contributed by atoms with Gasteiger partial charge in [-0.05, 0) is 62.1 Å². The minimum Gasteiger partial charge on any atom is -0.373 e. The van der Waals surface area contributed by atoms with Crippen molar-refractivity contribution in [2.45, 2.75) is 42.4 Å². The zero-order valence-electron chi connectivity index (χ0n) is 21.4. The fraction of sp³-hybridized carbons (Fsp3) is 0.286. The van der Waals surface area contributed by atoms with Crippen molar-refractivity contribution in [2.75, 3.05) is 24.2 Å². The van der Waals surface area contributed by atoms with Gasteiger partial charge in [0.1, 0.15) is 0 Å². The number of carbonyl (C=O) groups excluding carboxylic acids is 1. The molecule has 4 aromatic rings. The van der Waals surface area contributed by atoms with Crippen molar-refractivity contribution in [3.63, 3.8) is 0 Å². The first-order valence-electron chi connectivity index (χ1n) is 12.3. The molecule has 1 aliphatic heterocycles. The first-order chi connectivity index (χ1) is 18.3. The molecule has 0 spiro atoms. The highest BCUT2D eigenvalue weighted by molar-refractivity contribution is 7.98. The second kappa shape index (κ2) is 11.2. The molecule has 1 fully saturated rings. The summed E-state index contributed by atoms with van der Waals surface area (Å²) in [5, 5.41) is 0.600. The highest BCUT2D eigenvalue weighted by Gasteiger charge is 2.32. The largest absolute Gasteiger partial charge is 0.373 e. The summed E-state index contributed by atoms with van der Waals surface area (Å²) in [4.78, 5) is 21.6. The molecule has 0 N–H and O–H groups in total. The SMILES string of the molecule is CSc1cccc2sc(N(Cc3ccccc3)C(=O)c3ccc(S(=O)(=O)N4CC(C)OC(C)C4)cc3)nc12. The third kappa shape index (κ3) is 5.50. The summed E-state index contributed by atoms with van der Waals surface area (Å²) in [6.07, 6.45) is 1.65. The lowest BCUT2D eigenvalue weighted by Gasteiger charge is -2.34. The van der Waals surface area contributed by atoms with Crippen LogP contribution >= 0.6 is 23.1 Å². The molecule has 0 bridgehead atoms. The number of aromatic nitrogens is 1. The maximum Gasteiger partial charge on any atom is 0.260 e. The molecule has 5 rings (SSSR count). The predicted molar refractivity (Wildman–Crippen MR) is 154 cm³/mol. The monoisotopic (exact) mass is 567 g/mol. The number of carbonyl (C=O) groups is 1. The number of thiazole rings is 1. The summed E-state index contributed by atoms with van der Waals surface area (Å²) in [7, 11) is -3.70. The summed E-state index contributed by atoms with van der Waals surface area (Å²) < 4.78 is 34.7. The van der Waals surface area contributed by atoms with E-state index < -0.39 is 10.0 Å². The number of morpholine rings is 1. The van der Waals surface area contributed by atoms with Crippen LogP contribution in [0.25, 0.3) is 10.2 Å². The summed E-state index contributed by atoms with van der Waals surface area (Å²) >= 11 is 3.09. The highest BCUT2D eigenvalue weighted by Crippen LogP contribution is 2.35. The van der Waals surface area contributed by atoms with Gasteiger partial charge in [0.2, 0.25) is 10.0 Å². The van der Waals surface area contributed by atoms with E-state index in [-0.39, 0.29) is 23.0 Å². The van der Waals surface area contributed by atoms with Crippen LogP contribution in [0.4, 0.5) is 5.13 Å². The number of rotatable bonds is 7. The van der Waals surface area contributed by atoms with E-state index in [0.717, 1.165) is 20.7 Å². The topological polar surface area (TPSA) is 79.8 Å². The summed E-state index contributed by atoms with van der Waals surface area (Å²) in [6.45, 7) is 4.68. The van der Waals surface area contributed by atoms with Crippen molar-refractivity contribution >= 4 is 54.4 Å². The van der Waals surface area contributed by atoms with Crippen LogP contribution in [-0.4, -0.2) is 55.2 Å². The Bertz CT molecular complexity index is 1530. The van der Waals surface area contributed by atoms with E-state index in [1.165, 1.54) is 27.8 Å². The van der Waals surface area contributed by atoms with Crippen LogP contribution in [0.2, 0.25) is 0 Å². The van der Waals surface area contributed by atoms with Gasteiger partial charge in [-0.2, -0.15) is 4.31 Å². The Morgan fingerprint density at radius 1 is 1.03 bits per heavy atom. The van der Waals surface area contributed by atoms with Crippen LogP contribution in [0.3, 0.4) is 0 Å². The first kappa shape index (κ1) is 26.8. The van der Waals surface area contributed by atoms with Crippen LogP contribution in [-0.2, 0) is 21.3 Å². The van der Waals surface area contributed by atoms with E-state index in [9.17, 15) is 13.2 Å². The second-order valence-corrected chi connectivity index (χ2v) is 13.1. The summed E-state index contributed by atoms with van der Waals surface area (Å²) in [6, 6.07) is 22.0. The quantitative estimate of drug-likeness (QED) is 0.268. The molecule has 10 heteroatoms. The van der Waals surface area contributed by atoms with E-state index in [1.54, 1.807) is 28.8 Å². The van der Waals surface area contributed by atoms with Crippen LogP contribution in [0.1, 0.15) is 29.8 Å². The molecular formula is C28H29N3O4S3. The lowest BCUT2D eigenvalue weighted by atomic mass is 10.1. The Morgan fingerprint density at radius 2 is 1.71 bits per heavy atom. The zero-order valence-corrected chi connectivity index (χ0v) is 23.9. The number of hydrogen-bond acceptors (Lipinski definition) is 7. The van der Waals surface area contributed by atoms with E-state index in [4.69, 9.17) is 9.72 Å². The molecule has 1 aliphatic rings. The molecule has 2 heterocycles. The van der Waals surface area contributed by atoms with Gasteiger partial charge in [-0.1, -0.05) is 47.7 Å². The van der Waals surface area contributed by atoms with E-state index >= 15 is 0 Å². The number of benzene rings is 3. The van der Waals surface area contributed by atoms with Gasteiger partial charge in [0.05, 0.1) is 33.9 Å². The van der Waals surface area contributed by atoms with Crippen molar-refractivity contribution in [3.05, 3.63) is 83.9 Å². The highest BCUT2D eigenvalue weighted by atomic mass is 32.2. The minimum absolute atomic E-state index is 0.162. The number of para-hydroxylation sites is 1. The Morgan fingerprint density at radius 3 is 2.37 bits per heavy atom.